The van der Waals surface area contributed by atoms with Gasteiger partial charge in [-0.2, -0.15) is 0 Å². The van der Waals surface area contributed by atoms with Crippen molar-refractivity contribution in [1.82, 2.24) is 4.90 Å². The molecule has 1 aromatic carbocycles. The van der Waals surface area contributed by atoms with Crippen LogP contribution in [0.15, 0.2) is 36.9 Å². The van der Waals surface area contributed by atoms with Crippen molar-refractivity contribution < 1.29 is 9.90 Å². The summed E-state index contributed by atoms with van der Waals surface area (Å²) in [7, 11) is 1.69. The highest BCUT2D eigenvalue weighted by Crippen LogP contribution is 2.12. The molecule has 0 aliphatic rings. The average molecular weight is 234 g/mol. The summed E-state index contributed by atoms with van der Waals surface area (Å²) >= 11 is 0. The fraction of sp³-hybridized carbons (Fsp3) is 0.308. The Balaban J connectivity index is 2.62. The second-order valence-electron chi connectivity index (χ2n) is 4.00. The second kappa shape index (κ2) is 6.06. The fourth-order valence-electron chi connectivity index (χ4n) is 1.57. The molecule has 4 heteroatoms. The van der Waals surface area contributed by atoms with Crippen LogP contribution >= 0.6 is 0 Å². The molecular formula is C13H18N2O2. The molecule has 0 spiro atoms. The number of aromatic hydroxyl groups is 1. The monoisotopic (exact) mass is 234 g/mol. The lowest BCUT2D eigenvalue weighted by Crippen LogP contribution is -2.41. The number of carbonyl (C=O) groups is 1. The minimum Gasteiger partial charge on any atom is -0.508 e. The van der Waals surface area contributed by atoms with Gasteiger partial charge >= 0.3 is 0 Å². The highest BCUT2D eigenvalue weighted by molar-refractivity contribution is 5.81. The molecule has 0 heterocycles. The molecule has 0 saturated carbocycles. The molecule has 0 aliphatic heterocycles. The van der Waals surface area contributed by atoms with Gasteiger partial charge in [0.25, 0.3) is 0 Å². The van der Waals surface area contributed by atoms with Gasteiger partial charge in [-0.1, -0.05) is 18.2 Å². The van der Waals surface area contributed by atoms with E-state index in [1.807, 2.05) is 6.07 Å². The lowest BCUT2D eigenvalue weighted by molar-refractivity contribution is -0.131. The minimum atomic E-state index is -0.546. The number of amides is 1. The summed E-state index contributed by atoms with van der Waals surface area (Å²) < 4.78 is 0. The van der Waals surface area contributed by atoms with Gasteiger partial charge in [0.1, 0.15) is 5.75 Å². The third-order valence-corrected chi connectivity index (χ3v) is 2.44. The Morgan fingerprint density at radius 2 is 2.35 bits per heavy atom. The molecule has 0 aromatic heterocycles. The smallest absolute Gasteiger partial charge is 0.239 e. The number of nitrogens with zero attached hydrogens (tertiary/aromatic N) is 1. The zero-order chi connectivity index (χ0) is 12.8. The van der Waals surface area contributed by atoms with Crippen LogP contribution in [0.1, 0.15) is 12.0 Å². The summed E-state index contributed by atoms with van der Waals surface area (Å²) in [5, 5.41) is 9.32. The number of phenolic OH excluding ortho intramolecular Hbond substituents is 1. The predicted octanol–water partition coefficient (Wildman–Crippen LogP) is 1.25. The quantitative estimate of drug-likeness (QED) is 0.754. The van der Waals surface area contributed by atoms with Gasteiger partial charge in [-0.3, -0.25) is 4.79 Å². The maximum atomic E-state index is 11.8. The van der Waals surface area contributed by atoms with Gasteiger partial charge in [0.2, 0.25) is 5.91 Å². The van der Waals surface area contributed by atoms with E-state index in [0.29, 0.717) is 13.0 Å². The van der Waals surface area contributed by atoms with Crippen molar-refractivity contribution in [2.75, 3.05) is 7.05 Å². The highest BCUT2D eigenvalue weighted by Gasteiger charge is 2.16. The molecule has 1 atom stereocenters. The van der Waals surface area contributed by atoms with E-state index in [2.05, 4.69) is 6.58 Å². The number of hydrogen-bond acceptors (Lipinski definition) is 3. The van der Waals surface area contributed by atoms with Gasteiger partial charge in [0, 0.05) is 13.6 Å². The minimum absolute atomic E-state index is 0.131. The first-order valence-electron chi connectivity index (χ1n) is 5.44. The van der Waals surface area contributed by atoms with E-state index in [9.17, 15) is 9.90 Å². The van der Waals surface area contributed by atoms with E-state index < -0.39 is 6.04 Å². The van der Waals surface area contributed by atoms with Gasteiger partial charge < -0.3 is 15.7 Å². The second-order valence-corrected chi connectivity index (χ2v) is 4.00. The van der Waals surface area contributed by atoms with E-state index >= 15 is 0 Å². The Labute approximate surface area is 101 Å². The van der Waals surface area contributed by atoms with E-state index in [1.54, 1.807) is 36.2 Å². The van der Waals surface area contributed by atoms with Gasteiger partial charge in [-0.25, -0.2) is 0 Å². The zero-order valence-corrected chi connectivity index (χ0v) is 9.97. The molecule has 0 saturated heterocycles. The lowest BCUT2D eigenvalue weighted by atomic mass is 10.1. The first kappa shape index (κ1) is 13.3. The zero-order valence-electron chi connectivity index (χ0n) is 9.97. The predicted molar refractivity (Wildman–Crippen MR) is 67.4 cm³/mol. The van der Waals surface area contributed by atoms with Crippen LogP contribution in [0.3, 0.4) is 0 Å². The molecule has 92 valence electrons. The third-order valence-electron chi connectivity index (χ3n) is 2.44. The molecule has 17 heavy (non-hydrogen) atoms. The average Bonchev–Trinajstić information content (AvgIpc) is 2.28. The van der Waals surface area contributed by atoms with Crippen molar-refractivity contribution in [3.63, 3.8) is 0 Å². The van der Waals surface area contributed by atoms with Crippen LogP contribution in [-0.2, 0) is 11.3 Å². The Hall–Kier alpha value is -1.81. The number of benzene rings is 1. The Morgan fingerprint density at radius 1 is 1.65 bits per heavy atom. The Kier molecular flexibility index (Phi) is 4.72. The first-order chi connectivity index (χ1) is 8.04. The summed E-state index contributed by atoms with van der Waals surface area (Å²) in [5.74, 6) is 0.0620. The number of likely N-dealkylation sites (N-methyl/N-ethyl adjacent to an activating group) is 1. The van der Waals surface area contributed by atoms with Gasteiger partial charge in [0.15, 0.2) is 0 Å². The molecule has 4 nitrogen and oxygen atoms in total. The first-order valence-corrected chi connectivity index (χ1v) is 5.44. The van der Waals surface area contributed by atoms with Crippen LogP contribution in [-0.4, -0.2) is 29.0 Å². The number of rotatable bonds is 5. The topological polar surface area (TPSA) is 66.6 Å². The molecular weight excluding hydrogens is 216 g/mol. The molecule has 0 aliphatic carbocycles. The van der Waals surface area contributed by atoms with Crippen LogP contribution in [0.2, 0.25) is 0 Å². The van der Waals surface area contributed by atoms with E-state index in [1.165, 1.54) is 0 Å². The van der Waals surface area contributed by atoms with Gasteiger partial charge in [0.05, 0.1) is 6.04 Å². The summed E-state index contributed by atoms with van der Waals surface area (Å²) in [5.41, 5.74) is 6.57. The molecule has 1 amide bonds. The Bertz CT molecular complexity index is 404. The fourth-order valence-corrected chi connectivity index (χ4v) is 1.57. The number of nitrogens with two attached hydrogens (primary N) is 1. The highest BCUT2D eigenvalue weighted by atomic mass is 16.3. The van der Waals surface area contributed by atoms with E-state index in [0.717, 1.165) is 5.56 Å². The standard InChI is InChI=1S/C13H18N2O2/c1-3-5-12(14)13(17)15(2)9-10-6-4-7-11(16)8-10/h3-4,6-8,12,16H,1,5,9,14H2,2H3. The lowest BCUT2D eigenvalue weighted by Gasteiger charge is -2.20. The molecule has 0 fully saturated rings. The third kappa shape index (κ3) is 3.92. The van der Waals surface area contributed by atoms with E-state index in [-0.39, 0.29) is 11.7 Å². The van der Waals surface area contributed by atoms with Crippen LogP contribution in [0.25, 0.3) is 0 Å². The molecule has 1 unspecified atom stereocenters. The normalized spacial score (nSPS) is 11.9. The van der Waals surface area contributed by atoms with Crippen LogP contribution in [0, 0.1) is 0 Å². The largest absolute Gasteiger partial charge is 0.508 e. The maximum Gasteiger partial charge on any atom is 0.239 e. The van der Waals surface area contributed by atoms with Gasteiger partial charge in [-0.15, -0.1) is 6.58 Å². The molecule has 3 N–H and O–H groups in total. The van der Waals surface area contributed by atoms with Gasteiger partial charge in [-0.05, 0) is 24.1 Å². The summed E-state index contributed by atoms with van der Waals surface area (Å²) in [6, 6.07) is 6.27. The van der Waals surface area contributed by atoms with E-state index in [4.69, 9.17) is 5.73 Å². The van der Waals surface area contributed by atoms with Crippen molar-refractivity contribution in [2.45, 2.75) is 19.0 Å². The van der Waals surface area contributed by atoms with Crippen molar-refractivity contribution in [3.8, 4) is 5.75 Å². The summed E-state index contributed by atoms with van der Waals surface area (Å²) in [6.45, 7) is 3.98. The molecule has 0 bridgehead atoms. The number of phenols is 1. The van der Waals surface area contributed by atoms with Crippen LogP contribution in [0.5, 0.6) is 5.75 Å². The van der Waals surface area contributed by atoms with Crippen molar-refractivity contribution in [2.24, 2.45) is 5.73 Å². The SMILES string of the molecule is C=CCC(N)C(=O)N(C)Cc1cccc(O)c1. The maximum absolute atomic E-state index is 11.8. The van der Waals surface area contributed by atoms with Crippen LogP contribution in [0.4, 0.5) is 0 Å². The summed E-state index contributed by atoms with van der Waals surface area (Å²) in [6.07, 6.45) is 2.09. The van der Waals surface area contributed by atoms with Crippen molar-refractivity contribution in [1.29, 1.82) is 0 Å². The Morgan fingerprint density at radius 3 is 2.94 bits per heavy atom. The van der Waals surface area contributed by atoms with Crippen molar-refractivity contribution >= 4 is 5.91 Å². The number of carbonyl (C=O) groups excluding carboxylic acids is 1. The summed E-state index contributed by atoms with van der Waals surface area (Å²) in [4.78, 5) is 13.4. The number of hydrogen-bond donors (Lipinski definition) is 2. The molecule has 1 rings (SSSR count). The van der Waals surface area contributed by atoms with Crippen LogP contribution < -0.4 is 5.73 Å². The molecule has 0 radical (unpaired) electrons. The van der Waals surface area contributed by atoms with Crippen molar-refractivity contribution in [3.05, 3.63) is 42.5 Å². The molecule has 1 aromatic rings.